The number of hydrogen-bond donors (Lipinski definition) is 0. The van der Waals surface area contributed by atoms with Crippen LogP contribution in [0.5, 0.6) is 0 Å². The Hall–Kier alpha value is 0.0190. The molecule has 0 atom stereocenters. The molecule has 0 bridgehead atoms. The minimum Gasteiger partial charge on any atom is -0.181 e. The van der Waals surface area contributed by atoms with E-state index < -0.39 is 0 Å². The summed E-state index contributed by atoms with van der Waals surface area (Å²) in [5.74, 6) is 0. The normalized spacial score (nSPS) is 1.67. The van der Waals surface area contributed by atoms with Gasteiger partial charge in [-0.1, -0.05) is 0 Å². The van der Waals surface area contributed by atoms with Gasteiger partial charge >= 0.3 is 0 Å². The minimum absolute atomic E-state index is 0. The Bertz CT molecular complexity index is 66.5. The summed E-state index contributed by atoms with van der Waals surface area (Å²) in [5, 5.41) is 14.5. The predicted molar refractivity (Wildman–Crippen MR) is 11.2 cm³/mol. The molecule has 0 aliphatic rings. The first-order valence-electron chi connectivity index (χ1n) is 0.697. The van der Waals surface area contributed by atoms with Gasteiger partial charge in [-0.25, -0.2) is 0 Å². The summed E-state index contributed by atoms with van der Waals surface area (Å²) in [4.78, 5) is 0. The van der Waals surface area contributed by atoms with Crippen LogP contribution in [0.15, 0.2) is 0 Å². The molecule has 0 aliphatic carbocycles. The maximum Gasteiger partial charge on any atom is 0.181 e. The van der Waals surface area contributed by atoms with Gasteiger partial charge in [-0.05, 0) is 0 Å². The predicted octanol–water partition coefficient (Wildman–Crippen LogP) is 0.0286. The first-order chi connectivity index (χ1) is 1.91. The van der Waals surface area contributed by atoms with Gasteiger partial charge in [-0.3, -0.25) is 0 Å². The molecule has 0 aromatic heterocycles. The Kier molecular flexibility index (Phi) is 55.1. The van der Waals surface area contributed by atoms with Crippen LogP contribution in [0.3, 0.4) is 0 Å². The van der Waals surface area contributed by atoms with E-state index in [9.17, 15) is 0 Å². The third kappa shape index (κ3) is 35.3. The van der Waals surface area contributed by atoms with Crippen molar-refractivity contribution in [1.29, 1.82) is 10.5 Å². The summed E-state index contributed by atoms with van der Waals surface area (Å²) in [5.41, 5.74) is 0. The third-order valence-electron chi connectivity index (χ3n) is 0.0500. The average Bonchev–Trinajstić information content (AvgIpc) is 1.37. The molecular formula is C2FeMnN2. The van der Waals surface area contributed by atoms with E-state index in [0.29, 0.717) is 0 Å². The molecule has 2 nitrogen and oxygen atoms in total. The molecule has 0 spiro atoms. The standard InChI is InChI=1S/C2N2.Fe.Mn/c3-1-2-4;;. The van der Waals surface area contributed by atoms with Gasteiger partial charge in [0, 0.05) is 34.1 Å². The molecule has 6 heavy (non-hydrogen) atoms. The zero-order valence-electron chi connectivity index (χ0n) is 2.63. The van der Waals surface area contributed by atoms with E-state index in [-0.39, 0.29) is 34.1 Å². The molecule has 0 heterocycles. The van der Waals surface area contributed by atoms with Crippen molar-refractivity contribution in [3.63, 3.8) is 0 Å². The molecule has 0 unspecified atom stereocenters. The summed E-state index contributed by atoms with van der Waals surface area (Å²) in [7, 11) is 0. The van der Waals surface area contributed by atoms with Crippen molar-refractivity contribution in [1.82, 2.24) is 0 Å². The molecule has 0 aromatic carbocycles. The number of hydrogen-bond acceptors (Lipinski definition) is 2. The second kappa shape index (κ2) is 19.9. The second-order valence-corrected chi connectivity index (χ2v) is 0.224. The van der Waals surface area contributed by atoms with E-state index in [2.05, 4.69) is 0 Å². The summed E-state index contributed by atoms with van der Waals surface area (Å²) < 4.78 is 0. The molecule has 0 N–H and O–H groups in total. The van der Waals surface area contributed by atoms with Gasteiger partial charge in [0.15, 0.2) is 12.1 Å². The third-order valence-corrected chi connectivity index (χ3v) is 0.0500. The van der Waals surface area contributed by atoms with Gasteiger partial charge in [0.2, 0.25) is 0 Å². The van der Waals surface area contributed by atoms with Crippen molar-refractivity contribution in [2.45, 2.75) is 0 Å². The number of nitrogens with zero attached hydrogens (tertiary/aromatic N) is 2. The van der Waals surface area contributed by atoms with Crippen LogP contribution in [-0.2, 0) is 34.1 Å². The Morgan fingerprint density at radius 3 is 1.17 bits per heavy atom. The Labute approximate surface area is 57.1 Å². The van der Waals surface area contributed by atoms with Crippen LogP contribution >= 0.6 is 0 Å². The first-order valence-corrected chi connectivity index (χ1v) is 0.697. The van der Waals surface area contributed by atoms with Gasteiger partial charge in [-0.15, -0.1) is 0 Å². The van der Waals surface area contributed by atoms with E-state index in [1.807, 2.05) is 0 Å². The van der Waals surface area contributed by atoms with Crippen molar-refractivity contribution in [3.8, 4) is 12.1 Å². The quantitative estimate of drug-likeness (QED) is 0.472. The molecule has 1 radical (unpaired) electrons. The van der Waals surface area contributed by atoms with Crippen LogP contribution in [0.25, 0.3) is 0 Å². The van der Waals surface area contributed by atoms with Crippen molar-refractivity contribution >= 4 is 0 Å². The molecule has 0 aromatic rings. The van der Waals surface area contributed by atoms with Crippen LogP contribution in [0.1, 0.15) is 0 Å². The fourth-order valence-corrected chi connectivity index (χ4v) is 0. The molecule has 0 rings (SSSR count). The van der Waals surface area contributed by atoms with Gasteiger partial charge in [0.1, 0.15) is 0 Å². The van der Waals surface area contributed by atoms with Crippen molar-refractivity contribution in [3.05, 3.63) is 0 Å². The molecule has 0 aliphatic heterocycles. The topological polar surface area (TPSA) is 47.6 Å². The minimum atomic E-state index is 0. The average molecular weight is 163 g/mol. The maximum atomic E-state index is 7.26. The fourth-order valence-electron chi connectivity index (χ4n) is 0. The number of nitriles is 2. The van der Waals surface area contributed by atoms with E-state index in [1.54, 1.807) is 0 Å². The van der Waals surface area contributed by atoms with E-state index in [4.69, 9.17) is 10.5 Å². The van der Waals surface area contributed by atoms with Crippen LogP contribution in [0.4, 0.5) is 0 Å². The van der Waals surface area contributed by atoms with Crippen molar-refractivity contribution in [2.75, 3.05) is 0 Å². The van der Waals surface area contributed by atoms with Gasteiger partial charge in [-0.2, -0.15) is 10.5 Å². The van der Waals surface area contributed by atoms with Gasteiger partial charge in [0.05, 0.1) is 0 Å². The number of rotatable bonds is 0. The zero-order chi connectivity index (χ0) is 3.41. The van der Waals surface area contributed by atoms with Crippen LogP contribution in [0.2, 0.25) is 0 Å². The Morgan fingerprint density at radius 1 is 1.00 bits per heavy atom. The van der Waals surface area contributed by atoms with E-state index >= 15 is 0 Å². The van der Waals surface area contributed by atoms with Gasteiger partial charge < -0.3 is 0 Å². The largest absolute Gasteiger partial charge is 0.181 e. The SMILES string of the molecule is N#CC#N.[Fe].[Mn]. The molecule has 0 fully saturated rings. The van der Waals surface area contributed by atoms with Crippen LogP contribution in [0, 0.1) is 22.7 Å². The fraction of sp³-hybridized carbons (Fsp3) is 0. The summed E-state index contributed by atoms with van der Waals surface area (Å²) in [6.07, 6.45) is 0. The first kappa shape index (κ1) is 16.6. The monoisotopic (exact) mass is 163 g/mol. The molecule has 0 saturated heterocycles. The van der Waals surface area contributed by atoms with Gasteiger partial charge in [0.25, 0.3) is 0 Å². The van der Waals surface area contributed by atoms with Crippen LogP contribution < -0.4 is 0 Å². The molecule has 33 valence electrons. The van der Waals surface area contributed by atoms with E-state index in [1.165, 1.54) is 12.1 Å². The Morgan fingerprint density at radius 2 is 1.17 bits per heavy atom. The second-order valence-electron chi connectivity index (χ2n) is 0.224. The molecule has 4 heteroatoms. The van der Waals surface area contributed by atoms with Crippen LogP contribution in [-0.4, -0.2) is 0 Å². The van der Waals surface area contributed by atoms with Crippen molar-refractivity contribution < 1.29 is 34.1 Å². The summed E-state index contributed by atoms with van der Waals surface area (Å²) >= 11 is 0. The smallest absolute Gasteiger partial charge is 0.181 e. The summed E-state index contributed by atoms with van der Waals surface area (Å²) in [6.45, 7) is 0. The Balaban J connectivity index is -0.0000000450. The van der Waals surface area contributed by atoms with Crippen molar-refractivity contribution in [2.24, 2.45) is 0 Å². The molecule has 0 saturated carbocycles. The zero-order valence-corrected chi connectivity index (χ0v) is 4.91. The molecule has 0 amide bonds. The van der Waals surface area contributed by atoms with E-state index in [0.717, 1.165) is 0 Å². The molecular weight excluding hydrogens is 163 g/mol. The summed E-state index contributed by atoms with van der Waals surface area (Å²) in [6, 6.07) is 2.47. The maximum absolute atomic E-state index is 7.26.